The fourth-order valence-electron chi connectivity index (χ4n) is 1.74. The van der Waals surface area contributed by atoms with Crippen molar-refractivity contribution in [2.75, 3.05) is 24.3 Å². The molecule has 106 valence electrons. The Labute approximate surface area is 113 Å². The van der Waals surface area contributed by atoms with Crippen molar-refractivity contribution >= 4 is 27.6 Å². The van der Waals surface area contributed by atoms with Crippen LogP contribution in [0.3, 0.4) is 0 Å². The normalized spacial score (nSPS) is 23.4. The van der Waals surface area contributed by atoms with E-state index in [1.54, 1.807) is 11.8 Å². The average Bonchev–Trinajstić information content (AvgIpc) is 2.25. The first kappa shape index (κ1) is 15.6. The molecule has 7 heteroatoms. The molecule has 0 aromatic rings. The topological polar surface area (TPSA) is 75.3 Å². The van der Waals surface area contributed by atoms with Gasteiger partial charge in [0.1, 0.15) is 0 Å². The van der Waals surface area contributed by atoms with E-state index in [0.29, 0.717) is 13.0 Å². The highest BCUT2D eigenvalue weighted by Gasteiger charge is 2.26. The van der Waals surface area contributed by atoms with Gasteiger partial charge >= 0.3 is 6.03 Å². The summed E-state index contributed by atoms with van der Waals surface area (Å²) in [5.41, 5.74) is 0. The van der Waals surface area contributed by atoms with Gasteiger partial charge in [-0.1, -0.05) is 0 Å². The number of carbonyl (C=O) groups is 1. The second-order valence-corrected chi connectivity index (χ2v) is 8.99. The Morgan fingerprint density at radius 1 is 1.44 bits per heavy atom. The summed E-state index contributed by atoms with van der Waals surface area (Å²) in [6.45, 7) is 4.64. The molecule has 0 bridgehead atoms. The maximum atomic E-state index is 11.7. The summed E-state index contributed by atoms with van der Waals surface area (Å²) < 4.78 is 22.8. The highest BCUT2D eigenvalue weighted by atomic mass is 32.2. The number of nitrogens with one attached hydrogen (secondary N) is 2. The minimum absolute atomic E-state index is 0.0179. The molecule has 0 radical (unpaired) electrons. The van der Waals surface area contributed by atoms with Crippen LogP contribution in [0.25, 0.3) is 0 Å². The molecule has 0 aliphatic carbocycles. The molecule has 0 spiro atoms. The minimum atomic E-state index is -2.97. The minimum Gasteiger partial charge on any atom is -0.337 e. The molecule has 1 unspecified atom stereocenters. The molecule has 1 saturated heterocycles. The lowest BCUT2D eigenvalue weighted by molar-refractivity contribution is 0.236. The van der Waals surface area contributed by atoms with Crippen molar-refractivity contribution in [3.63, 3.8) is 0 Å². The van der Waals surface area contributed by atoms with E-state index < -0.39 is 9.84 Å². The Morgan fingerprint density at radius 2 is 2.11 bits per heavy atom. The zero-order valence-electron chi connectivity index (χ0n) is 11.2. The Kier molecular flexibility index (Phi) is 5.33. The third kappa shape index (κ3) is 5.48. The van der Waals surface area contributed by atoms with E-state index in [2.05, 4.69) is 10.6 Å². The first-order chi connectivity index (χ1) is 8.24. The Morgan fingerprint density at radius 3 is 2.67 bits per heavy atom. The number of sulfone groups is 1. The average molecular weight is 294 g/mol. The number of urea groups is 1. The Hall–Kier alpha value is -0.430. The van der Waals surface area contributed by atoms with E-state index in [1.165, 1.54) is 0 Å². The van der Waals surface area contributed by atoms with Crippen LogP contribution in [-0.4, -0.2) is 49.5 Å². The predicted octanol–water partition coefficient (Wildman–Crippen LogP) is 1.00. The van der Waals surface area contributed by atoms with Crippen molar-refractivity contribution in [3.8, 4) is 0 Å². The third-order valence-corrected chi connectivity index (χ3v) is 6.10. The van der Waals surface area contributed by atoms with Gasteiger partial charge < -0.3 is 10.6 Å². The molecule has 0 aromatic heterocycles. The van der Waals surface area contributed by atoms with Crippen LogP contribution in [0.15, 0.2) is 0 Å². The molecule has 1 rings (SSSR count). The van der Waals surface area contributed by atoms with Crippen LogP contribution in [0.5, 0.6) is 0 Å². The van der Waals surface area contributed by atoms with Crippen LogP contribution in [0.2, 0.25) is 0 Å². The summed E-state index contributed by atoms with van der Waals surface area (Å²) in [5.74, 6) is 0.304. The van der Waals surface area contributed by atoms with E-state index in [0.717, 1.165) is 6.42 Å². The van der Waals surface area contributed by atoms with Crippen LogP contribution in [0, 0.1) is 0 Å². The molecule has 0 saturated carbocycles. The lowest BCUT2D eigenvalue weighted by atomic mass is 10.2. The Balaban J connectivity index is 2.37. The number of hydrogen-bond acceptors (Lipinski definition) is 4. The quantitative estimate of drug-likeness (QED) is 0.811. The molecule has 18 heavy (non-hydrogen) atoms. The van der Waals surface area contributed by atoms with Crippen LogP contribution in [0.4, 0.5) is 4.79 Å². The fraction of sp³-hybridized carbons (Fsp3) is 0.909. The van der Waals surface area contributed by atoms with Gasteiger partial charge in [-0.3, -0.25) is 0 Å². The second kappa shape index (κ2) is 6.14. The summed E-state index contributed by atoms with van der Waals surface area (Å²) in [6.07, 6.45) is 3.36. The fourth-order valence-corrected chi connectivity index (χ4v) is 3.59. The van der Waals surface area contributed by atoms with Crippen LogP contribution in [-0.2, 0) is 9.84 Å². The SMILES string of the molecule is CSC(C)(C)CNC(=O)NC1CCCS(=O)(=O)C1. The monoisotopic (exact) mass is 294 g/mol. The summed E-state index contributed by atoms with van der Waals surface area (Å²) in [6, 6.07) is -0.527. The smallest absolute Gasteiger partial charge is 0.315 e. The van der Waals surface area contributed by atoms with E-state index in [1.807, 2.05) is 20.1 Å². The number of hydrogen-bond donors (Lipinski definition) is 2. The molecule has 5 nitrogen and oxygen atoms in total. The van der Waals surface area contributed by atoms with Gasteiger partial charge in [-0.15, -0.1) is 0 Å². The number of amides is 2. The van der Waals surface area contributed by atoms with E-state index in [4.69, 9.17) is 0 Å². The summed E-state index contributed by atoms with van der Waals surface area (Å²) >= 11 is 1.68. The van der Waals surface area contributed by atoms with Crippen LogP contribution in [0.1, 0.15) is 26.7 Å². The molecule has 1 aliphatic heterocycles. The summed E-state index contributed by atoms with van der Waals surface area (Å²) in [5, 5.41) is 5.52. The molecule has 1 fully saturated rings. The van der Waals surface area contributed by atoms with Gasteiger partial charge in [-0.25, -0.2) is 13.2 Å². The lowest BCUT2D eigenvalue weighted by Gasteiger charge is -2.25. The summed E-state index contributed by atoms with van der Waals surface area (Å²) in [7, 11) is -2.97. The molecule has 1 aliphatic rings. The van der Waals surface area contributed by atoms with Gasteiger partial charge in [0, 0.05) is 17.3 Å². The van der Waals surface area contributed by atoms with Gasteiger partial charge in [0.25, 0.3) is 0 Å². The number of thioether (sulfide) groups is 1. The number of rotatable bonds is 4. The van der Waals surface area contributed by atoms with Crippen LogP contribution >= 0.6 is 11.8 Å². The first-order valence-corrected chi connectivity index (χ1v) is 9.09. The molecule has 2 N–H and O–H groups in total. The zero-order valence-corrected chi connectivity index (χ0v) is 12.8. The molecule has 1 atom stereocenters. The first-order valence-electron chi connectivity index (χ1n) is 6.04. The van der Waals surface area contributed by atoms with Crippen molar-refractivity contribution in [3.05, 3.63) is 0 Å². The highest BCUT2D eigenvalue weighted by molar-refractivity contribution is 7.99. The second-order valence-electron chi connectivity index (χ2n) is 5.24. The van der Waals surface area contributed by atoms with Gasteiger partial charge in [0.05, 0.1) is 11.5 Å². The summed E-state index contributed by atoms with van der Waals surface area (Å²) in [4.78, 5) is 11.7. The lowest BCUT2D eigenvalue weighted by Crippen LogP contribution is -2.49. The molecule has 2 amide bonds. The molecule has 0 aromatic carbocycles. The standard InChI is InChI=1S/C11H22N2O3S2/c1-11(2,17-3)8-12-10(14)13-9-5-4-6-18(15,16)7-9/h9H,4-8H2,1-3H3,(H2,12,13,14). The van der Waals surface area contributed by atoms with Gasteiger partial charge in [0.15, 0.2) is 9.84 Å². The van der Waals surface area contributed by atoms with Gasteiger partial charge in [-0.2, -0.15) is 11.8 Å². The highest BCUT2D eigenvalue weighted by Crippen LogP contribution is 2.19. The van der Waals surface area contributed by atoms with E-state index in [-0.39, 0.29) is 28.3 Å². The molecule has 1 heterocycles. The molecular weight excluding hydrogens is 272 g/mol. The number of carbonyl (C=O) groups excluding carboxylic acids is 1. The predicted molar refractivity (Wildman–Crippen MR) is 75.8 cm³/mol. The van der Waals surface area contributed by atoms with E-state index >= 15 is 0 Å². The molecular formula is C11H22N2O3S2. The van der Waals surface area contributed by atoms with Crippen molar-refractivity contribution in [1.82, 2.24) is 10.6 Å². The van der Waals surface area contributed by atoms with Crippen molar-refractivity contribution < 1.29 is 13.2 Å². The maximum absolute atomic E-state index is 11.7. The largest absolute Gasteiger partial charge is 0.337 e. The van der Waals surface area contributed by atoms with E-state index in [9.17, 15) is 13.2 Å². The van der Waals surface area contributed by atoms with Crippen molar-refractivity contribution in [2.24, 2.45) is 0 Å². The van der Waals surface area contributed by atoms with Gasteiger partial charge in [-0.05, 0) is 32.9 Å². The van der Waals surface area contributed by atoms with Crippen molar-refractivity contribution in [2.45, 2.75) is 37.5 Å². The maximum Gasteiger partial charge on any atom is 0.315 e. The van der Waals surface area contributed by atoms with Gasteiger partial charge in [0.2, 0.25) is 0 Å². The van der Waals surface area contributed by atoms with Crippen molar-refractivity contribution in [1.29, 1.82) is 0 Å². The van der Waals surface area contributed by atoms with Crippen LogP contribution < -0.4 is 10.6 Å². The zero-order chi connectivity index (χ0) is 13.8. The third-order valence-electron chi connectivity index (χ3n) is 3.03. The Bertz CT molecular complexity index is 393.